The first-order valence-electron chi connectivity index (χ1n) is 7.78. The van der Waals surface area contributed by atoms with E-state index >= 15 is 0 Å². The Morgan fingerprint density at radius 2 is 1.32 bits per heavy atom. The molecule has 0 radical (unpaired) electrons. The van der Waals surface area contributed by atoms with Crippen molar-refractivity contribution in [2.45, 2.75) is 25.7 Å². The van der Waals surface area contributed by atoms with Gasteiger partial charge in [-0.2, -0.15) is 0 Å². The standard InChI is InChI=1S/C17H18N4O4/c22-21(23)20-17-18-15(24-11-13-7-3-1-4-8-13)16(19-17)25-12-14-9-5-2-6-10-14/h1-10,15-16H,11-12H2,(H2,18,19,20)/t15-,16+. The van der Waals surface area contributed by atoms with E-state index in [1.807, 2.05) is 60.7 Å². The third-order valence-electron chi connectivity index (χ3n) is 3.56. The number of hydrogen-bond acceptors (Lipinski definition) is 4. The third kappa shape index (κ3) is 5.00. The van der Waals surface area contributed by atoms with Gasteiger partial charge in [0.25, 0.3) is 5.96 Å². The Hall–Kier alpha value is -2.97. The molecule has 0 spiro atoms. The van der Waals surface area contributed by atoms with E-state index in [0.29, 0.717) is 13.2 Å². The van der Waals surface area contributed by atoms with E-state index in [1.54, 1.807) is 0 Å². The van der Waals surface area contributed by atoms with Crippen molar-refractivity contribution in [2.75, 3.05) is 0 Å². The van der Waals surface area contributed by atoms with Crippen molar-refractivity contribution in [1.29, 1.82) is 0 Å². The Morgan fingerprint density at radius 3 is 1.72 bits per heavy atom. The average Bonchev–Trinajstić information content (AvgIpc) is 3.01. The van der Waals surface area contributed by atoms with Gasteiger partial charge >= 0.3 is 0 Å². The average molecular weight is 342 g/mol. The zero-order valence-electron chi connectivity index (χ0n) is 13.4. The van der Waals surface area contributed by atoms with Gasteiger partial charge in [0.2, 0.25) is 0 Å². The van der Waals surface area contributed by atoms with Crippen LogP contribution in [0.4, 0.5) is 0 Å². The number of ether oxygens (including phenoxy) is 2. The van der Waals surface area contributed by atoms with Crippen LogP contribution < -0.4 is 10.6 Å². The molecule has 1 aliphatic heterocycles. The lowest BCUT2D eigenvalue weighted by atomic mass is 10.2. The molecule has 25 heavy (non-hydrogen) atoms. The van der Waals surface area contributed by atoms with Gasteiger partial charge < -0.3 is 20.1 Å². The summed E-state index contributed by atoms with van der Waals surface area (Å²) in [5, 5.41) is 18.7. The normalized spacial score (nSPS) is 20.9. The summed E-state index contributed by atoms with van der Waals surface area (Å²) in [6, 6.07) is 19.3. The number of hydrogen-bond donors (Lipinski definition) is 2. The van der Waals surface area contributed by atoms with Crippen LogP contribution in [-0.4, -0.2) is 23.4 Å². The van der Waals surface area contributed by atoms with E-state index in [2.05, 4.69) is 15.7 Å². The Kier molecular flexibility index (Phi) is 5.55. The van der Waals surface area contributed by atoms with Crippen LogP contribution >= 0.6 is 0 Å². The largest absolute Gasteiger partial charge is 0.349 e. The monoisotopic (exact) mass is 342 g/mol. The topological polar surface area (TPSA) is 98.0 Å². The summed E-state index contributed by atoms with van der Waals surface area (Å²) in [4.78, 5) is 10.6. The number of nitrogens with one attached hydrogen (secondary N) is 2. The van der Waals surface area contributed by atoms with Crippen molar-refractivity contribution in [1.82, 2.24) is 10.6 Å². The molecule has 2 N–H and O–H groups in total. The van der Waals surface area contributed by atoms with E-state index in [9.17, 15) is 10.1 Å². The van der Waals surface area contributed by atoms with Gasteiger partial charge in [0.15, 0.2) is 17.5 Å². The van der Waals surface area contributed by atoms with E-state index in [1.165, 1.54) is 0 Å². The van der Waals surface area contributed by atoms with E-state index < -0.39 is 17.5 Å². The van der Waals surface area contributed by atoms with Crippen LogP contribution in [0.5, 0.6) is 0 Å². The molecule has 1 aliphatic rings. The number of hydrazone groups is 1. The second-order valence-electron chi connectivity index (χ2n) is 5.41. The Morgan fingerprint density at radius 1 is 0.880 bits per heavy atom. The van der Waals surface area contributed by atoms with Crippen molar-refractivity contribution in [2.24, 2.45) is 5.10 Å². The minimum Gasteiger partial charge on any atom is -0.349 e. The minimum atomic E-state index is -0.775. The summed E-state index contributed by atoms with van der Waals surface area (Å²) in [6.45, 7) is 0.689. The molecule has 0 bridgehead atoms. The smallest absolute Gasteiger partial charge is 0.273 e. The third-order valence-corrected chi connectivity index (χ3v) is 3.56. The van der Waals surface area contributed by atoms with Crippen LogP contribution in [0.3, 0.4) is 0 Å². The Labute approximate surface area is 144 Å². The summed E-state index contributed by atoms with van der Waals surface area (Å²) in [7, 11) is 0. The zero-order chi connectivity index (χ0) is 17.5. The maximum atomic E-state index is 10.6. The quantitative estimate of drug-likeness (QED) is 0.588. The van der Waals surface area contributed by atoms with Gasteiger partial charge in [0, 0.05) is 0 Å². The lowest BCUT2D eigenvalue weighted by molar-refractivity contribution is -0.485. The summed E-state index contributed by atoms with van der Waals surface area (Å²) < 4.78 is 11.6. The first kappa shape index (κ1) is 16.9. The second kappa shape index (κ2) is 8.22. The van der Waals surface area contributed by atoms with E-state index in [-0.39, 0.29) is 5.96 Å². The summed E-state index contributed by atoms with van der Waals surface area (Å²) in [6.07, 6.45) is -1.19. The molecule has 0 aromatic heterocycles. The molecule has 8 nitrogen and oxygen atoms in total. The zero-order valence-corrected chi connectivity index (χ0v) is 13.4. The van der Waals surface area contributed by atoms with Crippen LogP contribution in [0.1, 0.15) is 11.1 Å². The van der Waals surface area contributed by atoms with Gasteiger partial charge in [0.05, 0.1) is 13.2 Å². The molecule has 2 aromatic carbocycles. The van der Waals surface area contributed by atoms with Crippen molar-refractivity contribution < 1.29 is 14.5 Å². The van der Waals surface area contributed by atoms with Crippen LogP contribution in [0.25, 0.3) is 0 Å². The molecule has 0 unspecified atom stereocenters. The Balaban J connectivity index is 1.62. The molecule has 1 saturated heterocycles. The molecule has 8 heteroatoms. The van der Waals surface area contributed by atoms with Gasteiger partial charge in [-0.15, -0.1) is 0 Å². The fourth-order valence-electron chi connectivity index (χ4n) is 2.38. The molecule has 1 heterocycles. The molecule has 3 rings (SSSR count). The summed E-state index contributed by atoms with van der Waals surface area (Å²) in [5.41, 5.74) is 1.98. The molecular formula is C17H18N4O4. The number of nitrogens with zero attached hydrogens (tertiary/aromatic N) is 2. The van der Waals surface area contributed by atoms with Gasteiger partial charge in [-0.1, -0.05) is 60.7 Å². The number of benzene rings is 2. The lowest BCUT2D eigenvalue weighted by Crippen LogP contribution is -2.37. The maximum Gasteiger partial charge on any atom is 0.273 e. The van der Waals surface area contributed by atoms with Crippen LogP contribution in [0, 0.1) is 10.1 Å². The number of guanidine groups is 1. The Bertz CT molecular complexity index is 670. The second-order valence-corrected chi connectivity index (χ2v) is 5.41. The highest BCUT2D eigenvalue weighted by Crippen LogP contribution is 2.12. The number of nitro groups is 1. The van der Waals surface area contributed by atoms with Crippen molar-refractivity contribution >= 4 is 5.96 Å². The predicted octanol–water partition coefficient (Wildman–Crippen LogP) is 1.81. The van der Waals surface area contributed by atoms with Gasteiger partial charge in [-0.25, -0.2) is 10.1 Å². The van der Waals surface area contributed by atoms with Crippen LogP contribution in [0.2, 0.25) is 0 Å². The highest BCUT2D eigenvalue weighted by Gasteiger charge is 2.33. The molecule has 2 atom stereocenters. The highest BCUT2D eigenvalue weighted by atomic mass is 16.7. The molecule has 0 amide bonds. The first-order chi connectivity index (χ1) is 12.2. The molecule has 130 valence electrons. The van der Waals surface area contributed by atoms with Crippen LogP contribution in [-0.2, 0) is 22.7 Å². The fraction of sp³-hybridized carbons (Fsp3) is 0.235. The van der Waals surface area contributed by atoms with E-state index in [0.717, 1.165) is 11.1 Å². The molecule has 2 aromatic rings. The predicted molar refractivity (Wildman–Crippen MR) is 90.7 cm³/mol. The van der Waals surface area contributed by atoms with Gasteiger partial charge in [0.1, 0.15) is 5.10 Å². The van der Waals surface area contributed by atoms with Crippen molar-refractivity contribution in [3.05, 3.63) is 81.9 Å². The summed E-state index contributed by atoms with van der Waals surface area (Å²) >= 11 is 0. The lowest BCUT2D eigenvalue weighted by Gasteiger charge is -2.19. The van der Waals surface area contributed by atoms with Crippen molar-refractivity contribution in [3.63, 3.8) is 0 Å². The van der Waals surface area contributed by atoms with Gasteiger partial charge in [-0.05, 0) is 11.1 Å². The fourth-order valence-corrected chi connectivity index (χ4v) is 2.38. The molecule has 0 aliphatic carbocycles. The summed E-state index contributed by atoms with van der Waals surface area (Å²) in [5.74, 6) is 0.0149. The molecular weight excluding hydrogens is 324 g/mol. The minimum absolute atomic E-state index is 0.0149. The highest BCUT2D eigenvalue weighted by molar-refractivity contribution is 5.81. The number of rotatable bonds is 7. The SMILES string of the molecule is O=[N+]([O-])N=C1N[C@H](OCc2ccccc2)[C@H](OCc2ccccc2)N1. The van der Waals surface area contributed by atoms with E-state index in [4.69, 9.17) is 9.47 Å². The van der Waals surface area contributed by atoms with Crippen molar-refractivity contribution in [3.8, 4) is 0 Å². The maximum absolute atomic E-state index is 10.6. The molecule has 0 saturated carbocycles. The van der Waals surface area contributed by atoms with Gasteiger partial charge in [-0.3, -0.25) is 0 Å². The first-order valence-corrected chi connectivity index (χ1v) is 7.78. The molecule has 1 fully saturated rings. The van der Waals surface area contributed by atoms with Crippen LogP contribution in [0.15, 0.2) is 65.8 Å².